The van der Waals surface area contributed by atoms with Gasteiger partial charge >= 0.3 is 0 Å². The Balaban J connectivity index is 2.22. The Kier molecular flexibility index (Phi) is 5.05. The number of rotatable bonds is 2. The van der Waals surface area contributed by atoms with E-state index in [1.807, 2.05) is 0 Å². The summed E-state index contributed by atoms with van der Waals surface area (Å²) in [7, 11) is 0. The molecule has 0 spiro atoms. The van der Waals surface area contributed by atoms with Crippen molar-refractivity contribution in [1.29, 1.82) is 0 Å². The second-order valence-corrected chi connectivity index (χ2v) is 5.51. The highest BCUT2D eigenvalue weighted by molar-refractivity contribution is 7.12. The lowest BCUT2D eigenvalue weighted by Gasteiger charge is -2.06. The second-order valence-electron chi connectivity index (χ2n) is 3.75. The molecule has 2 aromatic rings. The topological polar surface area (TPSA) is 55.1 Å². The van der Waals surface area contributed by atoms with Gasteiger partial charge < -0.3 is 11.1 Å². The van der Waals surface area contributed by atoms with E-state index in [1.165, 1.54) is 11.3 Å². The Morgan fingerprint density at radius 2 is 2.15 bits per heavy atom. The predicted octanol–water partition coefficient (Wildman–Crippen LogP) is 3.62. The predicted molar refractivity (Wildman–Crippen MR) is 84.7 cm³/mol. The van der Waals surface area contributed by atoms with Crippen LogP contribution in [0.4, 0.5) is 5.69 Å². The molecule has 0 aliphatic heterocycles. The number of hydrogen-bond acceptors (Lipinski definition) is 3. The third kappa shape index (κ3) is 3.53. The molecule has 3 N–H and O–H groups in total. The third-order valence-corrected chi connectivity index (χ3v) is 3.84. The average molecular weight is 325 g/mol. The fourth-order valence-electron chi connectivity index (χ4n) is 1.50. The second kappa shape index (κ2) is 6.78. The smallest absolute Gasteiger partial charge is 0.267 e. The van der Waals surface area contributed by atoms with E-state index in [-0.39, 0.29) is 12.5 Å². The number of nitrogens with two attached hydrogens (primary N) is 1. The summed E-state index contributed by atoms with van der Waals surface area (Å²) in [6.45, 7) is 0.250. The van der Waals surface area contributed by atoms with Crippen LogP contribution in [-0.2, 0) is 0 Å². The quantitative estimate of drug-likeness (QED) is 0.829. The van der Waals surface area contributed by atoms with Crippen LogP contribution in [0.25, 0.3) is 0 Å². The molecule has 20 heavy (non-hydrogen) atoms. The molecule has 1 heterocycles. The van der Waals surface area contributed by atoms with E-state index in [0.29, 0.717) is 26.2 Å². The van der Waals surface area contributed by atoms with Gasteiger partial charge in [0.25, 0.3) is 5.91 Å². The first kappa shape index (κ1) is 14.9. The van der Waals surface area contributed by atoms with E-state index >= 15 is 0 Å². The molecule has 3 nitrogen and oxygen atoms in total. The zero-order valence-electron chi connectivity index (χ0n) is 10.2. The van der Waals surface area contributed by atoms with Crippen LogP contribution in [0.3, 0.4) is 0 Å². The fourth-order valence-corrected chi connectivity index (χ4v) is 2.70. The summed E-state index contributed by atoms with van der Waals surface area (Å²) >= 11 is 13.1. The van der Waals surface area contributed by atoms with Crippen molar-refractivity contribution in [1.82, 2.24) is 0 Å². The number of halogens is 2. The number of amides is 1. The monoisotopic (exact) mass is 324 g/mol. The molecule has 1 aromatic carbocycles. The molecule has 0 fully saturated rings. The summed E-state index contributed by atoms with van der Waals surface area (Å²) in [6.07, 6.45) is 0. The molecule has 0 atom stereocenters. The van der Waals surface area contributed by atoms with E-state index in [2.05, 4.69) is 17.2 Å². The summed E-state index contributed by atoms with van der Waals surface area (Å²) in [5.41, 5.74) is 6.49. The summed E-state index contributed by atoms with van der Waals surface area (Å²) in [4.78, 5) is 12.7. The van der Waals surface area contributed by atoms with Crippen molar-refractivity contribution in [3.63, 3.8) is 0 Å². The lowest BCUT2D eigenvalue weighted by molar-refractivity contribution is 0.103. The van der Waals surface area contributed by atoms with Gasteiger partial charge in [-0.2, -0.15) is 0 Å². The summed E-state index contributed by atoms with van der Waals surface area (Å²) in [5.74, 6) is 5.33. The zero-order chi connectivity index (χ0) is 14.5. The summed E-state index contributed by atoms with van der Waals surface area (Å²) < 4.78 is 0. The first-order valence-electron chi connectivity index (χ1n) is 5.64. The number of anilines is 1. The van der Waals surface area contributed by atoms with Gasteiger partial charge in [0.1, 0.15) is 4.88 Å². The van der Waals surface area contributed by atoms with Gasteiger partial charge in [-0.05, 0) is 29.6 Å². The van der Waals surface area contributed by atoms with Gasteiger partial charge in [-0.15, -0.1) is 11.3 Å². The van der Waals surface area contributed by atoms with Gasteiger partial charge in [0.15, 0.2) is 0 Å². The third-order valence-electron chi connectivity index (χ3n) is 2.38. The molecule has 0 saturated heterocycles. The molecule has 2 rings (SSSR count). The van der Waals surface area contributed by atoms with E-state index in [4.69, 9.17) is 28.9 Å². The number of carbonyl (C=O) groups excluding carboxylic acids is 1. The standard InChI is InChI=1S/C14H10Cl2N2OS/c15-10-3-4-12(11(16)8-10)18-14(19)13-9(2-1-6-17)5-7-20-13/h3-5,7-8H,6,17H2,(H,18,19). The minimum atomic E-state index is -0.259. The number of carbonyl (C=O) groups is 1. The van der Waals surface area contributed by atoms with Crippen LogP contribution in [-0.4, -0.2) is 12.5 Å². The van der Waals surface area contributed by atoms with Gasteiger partial charge in [-0.3, -0.25) is 4.79 Å². The molecule has 1 amide bonds. The van der Waals surface area contributed by atoms with E-state index < -0.39 is 0 Å². The van der Waals surface area contributed by atoms with Crippen LogP contribution in [0.1, 0.15) is 15.2 Å². The van der Waals surface area contributed by atoms with Gasteiger partial charge in [-0.1, -0.05) is 35.0 Å². The van der Waals surface area contributed by atoms with E-state index in [0.717, 1.165) is 0 Å². The number of hydrogen-bond donors (Lipinski definition) is 2. The lowest BCUT2D eigenvalue weighted by atomic mass is 10.2. The van der Waals surface area contributed by atoms with Crippen LogP contribution < -0.4 is 11.1 Å². The Hall–Kier alpha value is -1.51. The minimum Gasteiger partial charge on any atom is -0.320 e. The Labute approximate surface area is 130 Å². The van der Waals surface area contributed by atoms with Crippen LogP contribution in [0.15, 0.2) is 29.6 Å². The van der Waals surface area contributed by atoms with Gasteiger partial charge in [0.2, 0.25) is 0 Å². The van der Waals surface area contributed by atoms with Crippen LogP contribution in [0.5, 0.6) is 0 Å². The summed E-state index contributed by atoms with van der Waals surface area (Å²) in [6, 6.07) is 6.67. The van der Waals surface area contributed by atoms with Crippen LogP contribution in [0, 0.1) is 11.8 Å². The molecular weight excluding hydrogens is 315 g/mol. The fraction of sp³-hybridized carbons (Fsp3) is 0.0714. The maximum atomic E-state index is 12.2. The molecule has 0 aliphatic carbocycles. The Morgan fingerprint density at radius 1 is 1.35 bits per heavy atom. The van der Waals surface area contributed by atoms with Gasteiger partial charge in [0, 0.05) is 10.6 Å². The van der Waals surface area contributed by atoms with Crippen molar-refractivity contribution < 1.29 is 4.79 Å². The van der Waals surface area contributed by atoms with Crippen molar-refractivity contribution in [3.05, 3.63) is 50.1 Å². The SMILES string of the molecule is NCC#Cc1ccsc1C(=O)Nc1ccc(Cl)cc1Cl. The first-order chi connectivity index (χ1) is 9.61. The molecule has 0 saturated carbocycles. The highest BCUT2D eigenvalue weighted by atomic mass is 35.5. The van der Waals surface area contributed by atoms with Crippen molar-refractivity contribution >= 4 is 46.1 Å². The molecule has 1 aromatic heterocycles. The Morgan fingerprint density at radius 3 is 2.85 bits per heavy atom. The van der Waals surface area contributed by atoms with Gasteiger partial charge in [-0.25, -0.2) is 0 Å². The minimum absolute atomic E-state index is 0.250. The van der Waals surface area contributed by atoms with Crippen LogP contribution in [0.2, 0.25) is 10.0 Å². The highest BCUT2D eigenvalue weighted by Gasteiger charge is 2.13. The van der Waals surface area contributed by atoms with Crippen molar-refractivity contribution in [2.24, 2.45) is 5.73 Å². The van der Waals surface area contributed by atoms with Crippen molar-refractivity contribution in [2.45, 2.75) is 0 Å². The average Bonchev–Trinajstić information content (AvgIpc) is 2.88. The number of nitrogens with one attached hydrogen (secondary N) is 1. The normalized spacial score (nSPS) is 9.75. The Bertz CT molecular complexity index is 701. The molecule has 0 radical (unpaired) electrons. The maximum absolute atomic E-state index is 12.2. The number of benzene rings is 1. The maximum Gasteiger partial charge on any atom is 0.267 e. The molecule has 6 heteroatoms. The summed E-state index contributed by atoms with van der Waals surface area (Å²) in [5, 5.41) is 5.44. The van der Waals surface area contributed by atoms with E-state index in [1.54, 1.807) is 29.6 Å². The van der Waals surface area contributed by atoms with Crippen LogP contribution >= 0.6 is 34.5 Å². The zero-order valence-corrected chi connectivity index (χ0v) is 12.6. The number of thiophene rings is 1. The molecular formula is C14H10Cl2N2OS. The molecule has 102 valence electrons. The lowest BCUT2D eigenvalue weighted by Crippen LogP contribution is -2.11. The van der Waals surface area contributed by atoms with Crippen molar-refractivity contribution in [3.8, 4) is 11.8 Å². The molecule has 0 bridgehead atoms. The highest BCUT2D eigenvalue weighted by Crippen LogP contribution is 2.26. The molecule has 0 aliphatic rings. The first-order valence-corrected chi connectivity index (χ1v) is 7.28. The van der Waals surface area contributed by atoms with Crippen molar-refractivity contribution in [2.75, 3.05) is 11.9 Å². The van der Waals surface area contributed by atoms with E-state index in [9.17, 15) is 4.79 Å². The largest absolute Gasteiger partial charge is 0.320 e. The molecule has 0 unspecified atom stereocenters. The van der Waals surface area contributed by atoms with Gasteiger partial charge in [0.05, 0.1) is 17.3 Å².